The van der Waals surface area contributed by atoms with E-state index in [9.17, 15) is 9.59 Å². The molecule has 8 nitrogen and oxygen atoms in total. The van der Waals surface area contributed by atoms with Gasteiger partial charge in [0.2, 0.25) is 0 Å². The summed E-state index contributed by atoms with van der Waals surface area (Å²) in [5.74, 6) is 0.959. The maximum Gasteiger partial charge on any atom is 0.358 e. The zero-order valence-corrected chi connectivity index (χ0v) is 19.6. The van der Waals surface area contributed by atoms with E-state index >= 15 is 0 Å². The Kier molecular flexibility index (Phi) is 8.65. The number of nitrogens with zero attached hydrogens (tertiary/aromatic N) is 1. The first-order valence-corrected chi connectivity index (χ1v) is 11.1. The van der Waals surface area contributed by atoms with E-state index in [1.165, 1.54) is 11.3 Å². The van der Waals surface area contributed by atoms with Crippen LogP contribution in [-0.2, 0) is 22.6 Å². The summed E-state index contributed by atoms with van der Waals surface area (Å²) in [5, 5.41) is 4.95. The second-order valence-corrected chi connectivity index (χ2v) is 8.04. The second kappa shape index (κ2) is 11.9. The summed E-state index contributed by atoms with van der Waals surface area (Å²) in [5.41, 5.74) is 2.28. The van der Waals surface area contributed by atoms with Crippen LogP contribution >= 0.6 is 11.3 Å². The Morgan fingerprint density at radius 2 is 1.79 bits per heavy atom. The first-order chi connectivity index (χ1) is 16.0. The zero-order chi connectivity index (χ0) is 23.6. The molecule has 3 rings (SSSR count). The predicted molar refractivity (Wildman–Crippen MR) is 124 cm³/mol. The summed E-state index contributed by atoms with van der Waals surface area (Å²) in [6.45, 7) is 2.26. The number of carbonyl (C=O) groups excluding carboxylic acids is 2. The molecule has 1 amide bonds. The first kappa shape index (κ1) is 24.1. The monoisotopic (exact) mass is 470 g/mol. The number of aromatic nitrogens is 1. The minimum atomic E-state index is -0.650. The lowest BCUT2D eigenvalue weighted by atomic mass is 10.1. The predicted octanol–water partition coefficient (Wildman–Crippen LogP) is 3.56. The molecule has 1 aromatic heterocycles. The normalized spacial score (nSPS) is 10.4. The quantitative estimate of drug-likeness (QED) is 0.428. The van der Waals surface area contributed by atoms with Crippen LogP contribution in [0.5, 0.6) is 17.2 Å². The number of thiazole rings is 1. The minimum Gasteiger partial charge on any atom is -0.493 e. The number of esters is 1. The molecule has 0 unspecified atom stereocenters. The Morgan fingerprint density at radius 3 is 2.52 bits per heavy atom. The van der Waals surface area contributed by atoms with E-state index in [1.54, 1.807) is 19.6 Å². The molecule has 0 saturated carbocycles. The second-order valence-electron chi connectivity index (χ2n) is 7.09. The van der Waals surface area contributed by atoms with Crippen LogP contribution in [0.25, 0.3) is 0 Å². The van der Waals surface area contributed by atoms with Gasteiger partial charge in [-0.2, -0.15) is 0 Å². The van der Waals surface area contributed by atoms with Crippen LogP contribution < -0.4 is 19.5 Å². The lowest BCUT2D eigenvalue weighted by Gasteiger charge is -2.10. The third-order valence-corrected chi connectivity index (χ3v) is 5.48. The van der Waals surface area contributed by atoms with Crippen molar-refractivity contribution in [2.75, 3.05) is 27.4 Å². The number of rotatable bonds is 11. The lowest BCUT2D eigenvalue weighted by molar-refractivity contribution is -0.124. The molecule has 0 aliphatic rings. The van der Waals surface area contributed by atoms with Crippen molar-refractivity contribution in [1.82, 2.24) is 10.3 Å². The molecule has 1 heterocycles. The molecule has 0 saturated heterocycles. The standard InChI is InChI=1S/C24H26N2O6S/c1-16-4-7-18(8-5-16)31-14-23-26-19(15-33-23)24(28)32-13-22(27)25-11-10-17-6-9-20(29-2)21(12-17)30-3/h4-9,12,15H,10-11,13-14H2,1-3H3,(H,25,27). The van der Waals surface area contributed by atoms with Crippen molar-refractivity contribution < 1.29 is 28.5 Å². The van der Waals surface area contributed by atoms with E-state index < -0.39 is 5.97 Å². The number of nitrogens with one attached hydrogen (secondary N) is 1. The van der Waals surface area contributed by atoms with Gasteiger partial charge in [0.25, 0.3) is 5.91 Å². The van der Waals surface area contributed by atoms with E-state index in [4.69, 9.17) is 18.9 Å². The van der Waals surface area contributed by atoms with Crippen molar-refractivity contribution in [3.05, 3.63) is 69.7 Å². The van der Waals surface area contributed by atoms with Gasteiger partial charge in [-0.25, -0.2) is 9.78 Å². The van der Waals surface area contributed by atoms with Crippen molar-refractivity contribution in [3.63, 3.8) is 0 Å². The highest BCUT2D eigenvalue weighted by Crippen LogP contribution is 2.27. The molecule has 0 aliphatic heterocycles. The van der Waals surface area contributed by atoms with Gasteiger partial charge in [-0.3, -0.25) is 4.79 Å². The fourth-order valence-corrected chi connectivity index (χ4v) is 3.56. The molecule has 0 atom stereocenters. The number of ether oxygens (including phenoxy) is 4. The number of methoxy groups -OCH3 is 2. The first-order valence-electron chi connectivity index (χ1n) is 10.3. The average Bonchev–Trinajstić information content (AvgIpc) is 3.31. The largest absolute Gasteiger partial charge is 0.493 e. The van der Waals surface area contributed by atoms with Gasteiger partial charge in [0.15, 0.2) is 23.8 Å². The van der Waals surface area contributed by atoms with Crippen LogP contribution in [0.2, 0.25) is 0 Å². The number of benzene rings is 2. The van der Waals surface area contributed by atoms with Crippen molar-refractivity contribution in [3.8, 4) is 17.2 Å². The molecule has 0 aliphatic carbocycles. The van der Waals surface area contributed by atoms with E-state index in [0.29, 0.717) is 29.5 Å². The van der Waals surface area contributed by atoms with Crippen LogP contribution in [0, 0.1) is 6.92 Å². The third-order valence-electron chi connectivity index (χ3n) is 4.66. The van der Waals surface area contributed by atoms with Crippen molar-refractivity contribution in [1.29, 1.82) is 0 Å². The summed E-state index contributed by atoms with van der Waals surface area (Å²) in [7, 11) is 3.14. The van der Waals surface area contributed by atoms with E-state index in [0.717, 1.165) is 16.9 Å². The minimum absolute atomic E-state index is 0.153. The van der Waals surface area contributed by atoms with Gasteiger partial charge in [-0.15, -0.1) is 11.3 Å². The summed E-state index contributed by atoms with van der Waals surface area (Å²) in [6.07, 6.45) is 0.594. The molecule has 0 fully saturated rings. The Morgan fingerprint density at radius 1 is 1.03 bits per heavy atom. The molecule has 3 aromatic rings. The molecule has 0 bridgehead atoms. The van der Waals surface area contributed by atoms with E-state index in [-0.39, 0.29) is 24.8 Å². The Hall–Kier alpha value is -3.59. The van der Waals surface area contributed by atoms with E-state index in [1.807, 2.05) is 49.4 Å². The fourth-order valence-electron chi connectivity index (χ4n) is 2.89. The summed E-state index contributed by atoms with van der Waals surface area (Å²) in [6, 6.07) is 13.2. The topological polar surface area (TPSA) is 96.0 Å². The summed E-state index contributed by atoms with van der Waals surface area (Å²) >= 11 is 1.29. The van der Waals surface area contributed by atoms with Gasteiger partial charge in [0.05, 0.1) is 14.2 Å². The Balaban J connectivity index is 1.38. The third kappa shape index (κ3) is 7.21. The van der Waals surface area contributed by atoms with Gasteiger partial charge >= 0.3 is 5.97 Å². The highest BCUT2D eigenvalue weighted by Gasteiger charge is 2.14. The number of aryl methyl sites for hydroxylation is 1. The molecular formula is C24H26N2O6S. The van der Waals surface area contributed by atoms with Gasteiger partial charge < -0.3 is 24.3 Å². The number of amides is 1. The molecule has 0 spiro atoms. The van der Waals surface area contributed by atoms with Crippen molar-refractivity contribution in [2.24, 2.45) is 0 Å². The zero-order valence-electron chi connectivity index (χ0n) is 18.8. The van der Waals surface area contributed by atoms with Crippen LogP contribution in [0.3, 0.4) is 0 Å². The number of carbonyl (C=O) groups is 2. The van der Waals surface area contributed by atoms with Gasteiger partial charge in [-0.1, -0.05) is 23.8 Å². The average molecular weight is 471 g/mol. The van der Waals surface area contributed by atoms with Gasteiger partial charge in [-0.05, 0) is 43.2 Å². The van der Waals surface area contributed by atoms with Crippen molar-refractivity contribution in [2.45, 2.75) is 20.0 Å². The highest BCUT2D eigenvalue weighted by atomic mass is 32.1. The molecule has 1 N–H and O–H groups in total. The molecule has 2 aromatic carbocycles. The molecular weight excluding hydrogens is 444 g/mol. The SMILES string of the molecule is COc1ccc(CCNC(=O)COC(=O)c2csc(COc3ccc(C)cc3)n2)cc1OC. The molecule has 9 heteroatoms. The summed E-state index contributed by atoms with van der Waals surface area (Å²) in [4.78, 5) is 28.4. The maximum atomic E-state index is 12.2. The number of hydrogen-bond acceptors (Lipinski definition) is 8. The van der Waals surface area contributed by atoms with Crippen LogP contribution in [0.4, 0.5) is 0 Å². The lowest BCUT2D eigenvalue weighted by Crippen LogP contribution is -2.30. The smallest absolute Gasteiger partial charge is 0.358 e. The Labute approximate surface area is 196 Å². The van der Waals surface area contributed by atoms with E-state index in [2.05, 4.69) is 10.3 Å². The van der Waals surface area contributed by atoms with Crippen LogP contribution in [0.15, 0.2) is 47.8 Å². The number of hydrogen-bond donors (Lipinski definition) is 1. The van der Waals surface area contributed by atoms with Crippen LogP contribution in [-0.4, -0.2) is 44.2 Å². The van der Waals surface area contributed by atoms with Crippen LogP contribution in [0.1, 0.15) is 26.6 Å². The molecule has 174 valence electrons. The maximum absolute atomic E-state index is 12.2. The van der Waals surface area contributed by atoms with Gasteiger partial charge in [0, 0.05) is 11.9 Å². The molecule has 33 heavy (non-hydrogen) atoms. The fraction of sp³-hybridized carbons (Fsp3) is 0.292. The van der Waals surface area contributed by atoms with Gasteiger partial charge in [0.1, 0.15) is 17.4 Å². The molecule has 0 radical (unpaired) electrons. The van der Waals surface area contributed by atoms with Crippen molar-refractivity contribution >= 4 is 23.2 Å². The summed E-state index contributed by atoms with van der Waals surface area (Å²) < 4.78 is 21.2. The highest BCUT2D eigenvalue weighted by molar-refractivity contribution is 7.09. The Bertz CT molecular complexity index is 1080.